The lowest BCUT2D eigenvalue weighted by atomic mass is 9.96. The lowest BCUT2D eigenvalue weighted by Crippen LogP contribution is -2.38. The Kier molecular flexibility index (Phi) is 5.12. The average Bonchev–Trinajstić information content (AvgIpc) is 3.25. The molecule has 1 aliphatic heterocycles. The van der Waals surface area contributed by atoms with Gasteiger partial charge >= 0.3 is 0 Å². The first-order valence-electron chi connectivity index (χ1n) is 9.88. The molecule has 6 nitrogen and oxygen atoms in total. The molecule has 3 aliphatic rings. The van der Waals surface area contributed by atoms with Crippen LogP contribution in [0.5, 0.6) is 0 Å². The van der Waals surface area contributed by atoms with Gasteiger partial charge in [-0.25, -0.2) is 21.6 Å². The van der Waals surface area contributed by atoms with Gasteiger partial charge in [0.15, 0.2) is 0 Å². The Morgan fingerprint density at radius 3 is 2.07 bits per heavy atom. The zero-order valence-corrected chi connectivity index (χ0v) is 17.3. The number of hydrogen-bond donors (Lipinski definition) is 1. The van der Waals surface area contributed by atoms with Crippen molar-refractivity contribution in [2.75, 3.05) is 13.1 Å². The number of hydrogen-bond acceptors (Lipinski definition) is 4. The fourth-order valence-electron chi connectivity index (χ4n) is 4.82. The van der Waals surface area contributed by atoms with E-state index in [2.05, 4.69) is 11.6 Å². The SMILES string of the molecule is CC1CCN(S(=O)(=O)c2ccc(S(=O)(=O)NC3CC4CCC3C4)cc2)CC1. The largest absolute Gasteiger partial charge is 0.243 e. The third kappa shape index (κ3) is 3.81. The normalized spacial score (nSPS) is 30.0. The Hall–Kier alpha value is -0.960. The molecule has 1 saturated heterocycles. The smallest absolute Gasteiger partial charge is 0.208 e. The zero-order valence-electron chi connectivity index (χ0n) is 15.7. The average molecular weight is 413 g/mol. The highest BCUT2D eigenvalue weighted by Gasteiger charge is 2.41. The number of sulfonamides is 2. The standard InChI is InChI=1S/C19H28N2O4S2/c1-14-8-10-21(11-9-14)27(24,25)18-6-4-17(5-7-18)26(22,23)20-19-13-15-2-3-16(19)12-15/h4-7,14-16,19-20H,2-3,8-13H2,1H3. The van der Waals surface area contributed by atoms with Crippen LogP contribution in [0.3, 0.4) is 0 Å². The summed E-state index contributed by atoms with van der Waals surface area (Å²) in [6, 6.07) is 5.68. The van der Waals surface area contributed by atoms with Crippen LogP contribution in [0, 0.1) is 17.8 Å². The van der Waals surface area contributed by atoms with Gasteiger partial charge in [-0.2, -0.15) is 4.31 Å². The minimum Gasteiger partial charge on any atom is -0.208 e. The van der Waals surface area contributed by atoms with Crippen molar-refractivity contribution in [1.29, 1.82) is 0 Å². The van der Waals surface area contributed by atoms with Gasteiger partial charge in [-0.3, -0.25) is 0 Å². The van der Waals surface area contributed by atoms with Gasteiger partial charge in [0.25, 0.3) is 0 Å². The van der Waals surface area contributed by atoms with E-state index in [0.29, 0.717) is 30.8 Å². The van der Waals surface area contributed by atoms with E-state index in [1.165, 1.54) is 35.0 Å². The summed E-state index contributed by atoms with van der Waals surface area (Å²) in [6.45, 7) is 3.18. The van der Waals surface area contributed by atoms with E-state index in [1.54, 1.807) is 0 Å². The van der Waals surface area contributed by atoms with Gasteiger partial charge in [0.05, 0.1) is 9.79 Å². The minimum atomic E-state index is -3.62. The number of benzene rings is 1. The first kappa shape index (κ1) is 19.4. The number of fused-ring (bicyclic) bond motifs is 2. The molecule has 1 aromatic rings. The van der Waals surface area contributed by atoms with Crippen molar-refractivity contribution in [3.8, 4) is 0 Å². The Bertz CT molecular complexity index is 888. The fraction of sp³-hybridized carbons (Fsp3) is 0.684. The second-order valence-corrected chi connectivity index (χ2v) is 12.1. The molecule has 0 aromatic heterocycles. The topological polar surface area (TPSA) is 83.6 Å². The van der Waals surface area contributed by atoms with E-state index in [0.717, 1.165) is 32.1 Å². The molecular weight excluding hydrogens is 384 g/mol. The van der Waals surface area contributed by atoms with Crippen molar-refractivity contribution >= 4 is 20.0 Å². The van der Waals surface area contributed by atoms with Gasteiger partial charge in [0.1, 0.15) is 0 Å². The van der Waals surface area contributed by atoms with Crippen molar-refractivity contribution in [3.05, 3.63) is 24.3 Å². The molecule has 3 fully saturated rings. The van der Waals surface area contributed by atoms with Gasteiger partial charge in [-0.1, -0.05) is 13.3 Å². The summed E-state index contributed by atoms with van der Waals surface area (Å²) in [5, 5.41) is 0. The van der Waals surface area contributed by atoms with Gasteiger partial charge in [-0.15, -0.1) is 0 Å². The third-order valence-electron chi connectivity index (χ3n) is 6.56. The molecular formula is C19H28N2O4S2. The summed E-state index contributed by atoms with van der Waals surface area (Å²) in [5.41, 5.74) is 0. The molecule has 3 atom stereocenters. The van der Waals surface area contributed by atoms with E-state index in [1.807, 2.05) is 0 Å². The molecule has 27 heavy (non-hydrogen) atoms. The van der Waals surface area contributed by atoms with E-state index < -0.39 is 20.0 Å². The van der Waals surface area contributed by atoms with Crippen LogP contribution in [0.4, 0.5) is 0 Å². The van der Waals surface area contributed by atoms with Crippen LogP contribution in [0.25, 0.3) is 0 Å². The molecule has 3 unspecified atom stereocenters. The van der Waals surface area contributed by atoms with Crippen LogP contribution in [0.15, 0.2) is 34.1 Å². The lowest BCUT2D eigenvalue weighted by Gasteiger charge is -2.29. The maximum Gasteiger partial charge on any atom is 0.243 e. The predicted octanol–water partition coefficient (Wildman–Crippen LogP) is 2.57. The first-order valence-corrected chi connectivity index (χ1v) is 12.8. The highest BCUT2D eigenvalue weighted by molar-refractivity contribution is 7.89. The second-order valence-electron chi connectivity index (χ2n) is 8.46. The quantitative estimate of drug-likeness (QED) is 0.806. The monoisotopic (exact) mass is 412 g/mol. The Morgan fingerprint density at radius 2 is 1.52 bits per heavy atom. The molecule has 0 spiro atoms. The van der Waals surface area contributed by atoms with Crippen LogP contribution >= 0.6 is 0 Å². The number of nitrogens with one attached hydrogen (secondary N) is 1. The molecule has 150 valence electrons. The van der Waals surface area contributed by atoms with Gasteiger partial charge < -0.3 is 0 Å². The van der Waals surface area contributed by atoms with Crippen molar-refractivity contribution in [2.45, 2.75) is 61.3 Å². The predicted molar refractivity (Wildman–Crippen MR) is 103 cm³/mol. The molecule has 2 bridgehead atoms. The van der Waals surface area contributed by atoms with E-state index in [9.17, 15) is 16.8 Å². The van der Waals surface area contributed by atoms with Crippen LogP contribution in [0.2, 0.25) is 0 Å². The molecule has 1 aromatic carbocycles. The highest BCUT2D eigenvalue weighted by Crippen LogP contribution is 2.44. The summed E-state index contributed by atoms with van der Waals surface area (Å²) in [5.74, 6) is 1.65. The molecule has 1 N–H and O–H groups in total. The number of piperidine rings is 1. The summed E-state index contributed by atoms with van der Waals surface area (Å²) >= 11 is 0. The van der Waals surface area contributed by atoms with Crippen LogP contribution in [-0.4, -0.2) is 40.3 Å². The molecule has 2 aliphatic carbocycles. The Morgan fingerprint density at radius 1 is 0.889 bits per heavy atom. The maximum atomic E-state index is 12.8. The van der Waals surface area contributed by atoms with Crippen LogP contribution in [0.1, 0.15) is 45.4 Å². The van der Waals surface area contributed by atoms with Crippen LogP contribution < -0.4 is 4.72 Å². The second kappa shape index (κ2) is 7.13. The molecule has 1 heterocycles. The first-order chi connectivity index (χ1) is 12.8. The van der Waals surface area contributed by atoms with E-state index in [-0.39, 0.29) is 15.8 Å². The molecule has 8 heteroatoms. The summed E-state index contributed by atoms with van der Waals surface area (Å²) in [7, 11) is -7.18. The number of nitrogens with zero attached hydrogens (tertiary/aromatic N) is 1. The molecule has 0 amide bonds. The van der Waals surface area contributed by atoms with Crippen molar-refractivity contribution in [2.24, 2.45) is 17.8 Å². The molecule has 0 radical (unpaired) electrons. The van der Waals surface area contributed by atoms with Crippen molar-refractivity contribution < 1.29 is 16.8 Å². The summed E-state index contributed by atoms with van der Waals surface area (Å²) < 4.78 is 55.3. The van der Waals surface area contributed by atoms with Gasteiger partial charge in [0.2, 0.25) is 20.0 Å². The Labute approximate surface area is 162 Å². The Balaban J connectivity index is 1.48. The zero-order chi connectivity index (χ0) is 19.2. The van der Waals surface area contributed by atoms with Gasteiger partial charge in [0, 0.05) is 19.1 Å². The molecule has 2 saturated carbocycles. The van der Waals surface area contributed by atoms with E-state index >= 15 is 0 Å². The molecule has 4 rings (SSSR count). The van der Waals surface area contributed by atoms with Crippen LogP contribution in [-0.2, 0) is 20.0 Å². The van der Waals surface area contributed by atoms with Crippen molar-refractivity contribution in [1.82, 2.24) is 9.03 Å². The summed E-state index contributed by atoms with van der Waals surface area (Å²) in [4.78, 5) is 0.299. The number of rotatable bonds is 5. The van der Waals surface area contributed by atoms with Gasteiger partial charge in [-0.05, 0) is 74.1 Å². The third-order valence-corrected chi connectivity index (χ3v) is 9.98. The summed E-state index contributed by atoms with van der Waals surface area (Å²) in [6.07, 6.45) is 6.08. The minimum absolute atomic E-state index is 0.0208. The maximum absolute atomic E-state index is 12.8. The lowest BCUT2D eigenvalue weighted by molar-refractivity contribution is 0.288. The van der Waals surface area contributed by atoms with Crippen molar-refractivity contribution in [3.63, 3.8) is 0 Å². The highest BCUT2D eigenvalue weighted by atomic mass is 32.2. The fourth-order valence-corrected chi connectivity index (χ4v) is 7.61. The van der Waals surface area contributed by atoms with E-state index in [4.69, 9.17) is 0 Å².